The lowest BCUT2D eigenvalue weighted by molar-refractivity contribution is -0.121. The van der Waals surface area contributed by atoms with Crippen LogP contribution in [0.15, 0.2) is 41.2 Å². The second kappa shape index (κ2) is 7.07. The lowest BCUT2D eigenvalue weighted by Gasteiger charge is -2.42. The topological polar surface area (TPSA) is 110 Å². The fourth-order valence-corrected chi connectivity index (χ4v) is 3.31. The summed E-state index contributed by atoms with van der Waals surface area (Å²) in [6.07, 6.45) is 5.51. The fourth-order valence-electron chi connectivity index (χ4n) is 3.31. The molecule has 0 spiro atoms. The number of carbonyl (C=O) groups is 1. The maximum Gasteiger partial charge on any atom is 0.239 e. The molecule has 0 unspecified atom stereocenters. The number of amides is 1. The van der Waals surface area contributed by atoms with E-state index in [1.807, 2.05) is 6.07 Å². The van der Waals surface area contributed by atoms with E-state index in [2.05, 4.69) is 54.9 Å². The number of aromatic nitrogens is 5. The van der Waals surface area contributed by atoms with Crippen LogP contribution >= 0.6 is 0 Å². The van der Waals surface area contributed by atoms with Gasteiger partial charge in [0.05, 0.1) is 0 Å². The third kappa shape index (κ3) is 3.35. The molecule has 1 aliphatic rings. The number of aromatic amines is 1. The summed E-state index contributed by atoms with van der Waals surface area (Å²) in [5.41, 5.74) is 1.39. The molecule has 1 saturated carbocycles. The lowest BCUT2D eigenvalue weighted by atomic mass is 9.64. The van der Waals surface area contributed by atoms with Crippen molar-refractivity contribution in [2.75, 3.05) is 6.54 Å². The van der Waals surface area contributed by atoms with Gasteiger partial charge in [-0.2, -0.15) is 10.1 Å². The Kier molecular flexibility index (Phi) is 4.47. The van der Waals surface area contributed by atoms with E-state index in [4.69, 9.17) is 4.52 Å². The van der Waals surface area contributed by atoms with Gasteiger partial charge in [0, 0.05) is 24.8 Å². The van der Waals surface area contributed by atoms with Crippen LogP contribution in [0.3, 0.4) is 0 Å². The average Bonchev–Trinajstić information content (AvgIpc) is 3.31. The Hall–Kier alpha value is -3.03. The Morgan fingerprint density at radius 2 is 2.12 bits per heavy atom. The molecule has 8 nitrogen and oxygen atoms in total. The maximum absolute atomic E-state index is 12.2. The Balaban J connectivity index is 1.29. The van der Waals surface area contributed by atoms with Gasteiger partial charge in [0.1, 0.15) is 6.33 Å². The van der Waals surface area contributed by atoms with Gasteiger partial charge in [-0.1, -0.05) is 41.9 Å². The largest absolute Gasteiger partial charge is 0.355 e. The number of aryl methyl sites for hydroxylation is 1. The van der Waals surface area contributed by atoms with E-state index >= 15 is 0 Å². The second-order valence-corrected chi connectivity index (χ2v) is 6.62. The molecule has 0 radical (unpaired) electrons. The smallest absolute Gasteiger partial charge is 0.239 e. The number of rotatable bonds is 7. The van der Waals surface area contributed by atoms with E-state index in [0.717, 1.165) is 12.8 Å². The van der Waals surface area contributed by atoms with Crippen LogP contribution in [0.25, 0.3) is 11.6 Å². The number of nitrogens with zero attached hydrogens (tertiary/aromatic N) is 4. The molecular formula is C18H20N6O2. The van der Waals surface area contributed by atoms with Gasteiger partial charge >= 0.3 is 0 Å². The molecular weight excluding hydrogens is 332 g/mol. The molecule has 2 aromatic heterocycles. The minimum absolute atomic E-state index is 0.00776. The van der Waals surface area contributed by atoms with Crippen LogP contribution in [0.5, 0.6) is 0 Å². The summed E-state index contributed by atoms with van der Waals surface area (Å²) in [5.74, 6) is 1.19. The highest BCUT2D eigenvalue weighted by molar-refractivity contribution is 5.76. The molecule has 2 N–H and O–H groups in total. The minimum atomic E-state index is -0.00776. The van der Waals surface area contributed by atoms with Gasteiger partial charge < -0.3 is 9.84 Å². The normalized spacial score (nSPS) is 15.4. The van der Waals surface area contributed by atoms with Crippen molar-refractivity contribution in [3.05, 3.63) is 48.1 Å². The van der Waals surface area contributed by atoms with E-state index in [-0.39, 0.29) is 11.3 Å². The summed E-state index contributed by atoms with van der Waals surface area (Å²) in [6.45, 7) is 0.670. The minimum Gasteiger partial charge on any atom is -0.355 e. The van der Waals surface area contributed by atoms with Crippen molar-refractivity contribution in [2.24, 2.45) is 0 Å². The summed E-state index contributed by atoms with van der Waals surface area (Å²) in [4.78, 5) is 20.4. The predicted molar refractivity (Wildman–Crippen MR) is 93.0 cm³/mol. The molecule has 1 aromatic carbocycles. The molecule has 1 amide bonds. The highest BCUT2D eigenvalue weighted by Gasteiger charge is 2.38. The van der Waals surface area contributed by atoms with E-state index in [0.29, 0.717) is 36.9 Å². The molecule has 4 rings (SSSR count). The average molecular weight is 352 g/mol. The van der Waals surface area contributed by atoms with Crippen LogP contribution in [-0.2, 0) is 16.6 Å². The van der Waals surface area contributed by atoms with Crippen molar-refractivity contribution >= 4 is 5.91 Å². The Labute approximate surface area is 150 Å². The zero-order valence-electron chi connectivity index (χ0n) is 14.3. The zero-order chi connectivity index (χ0) is 17.8. The van der Waals surface area contributed by atoms with Crippen LogP contribution in [0.4, 0.5) is 0 Å². The monoisotopic (exact) mass is 352 g/mol. The molecule has 2 heterocycles. The summed E-state index contributed by atoms with van der Waals surface area (Å²) in [7, 11) is 0. The van der Waals surface area contributed by atoms with Crippen molar-refractivity contribution in [2.45, 2.75) is 37.5 Å². The molecule has 1 aliphatic carbocycles. The predicted octanol–water partition coefficient (Wildman–Crippen LogP) is 2.03. The number of nitrogens with one attached hydrogen (secondary N) is 2. The molecule has 0 aliphatic heterocycles. The number of carbonyl (C=O) groups excluding carboxylic acids is 1. The second-order valence-electron chi connectivity index (χ2n) is 6.62. The van der Waals surface area contributed by atoms with E-state index < -0.39 is 0 Å². The molecule has 8 heteroatoms. The summed E-state index contributed by atoms with van der Waals surface area (Å²) in [5, 5.41) is 13.3. The molecule has 3 aromatic rings. The quantitative estimate of drug-likeness (QED) is 0.673. The van der Waals surface area contributed by atoms with E-state index in [1.54, 1.807) is 0 Å². The summed E-state index contributed by atoms with van der Waals surface area (Å²) in [6, 6.07) is 10.4. The van der Waals surface area contributed by atoms with Crippen LogP contribution < -0.4 is 5.32 Å². The number of benzene rings is 1. The SMILES string of the molecule is O=C(CCc1nc(-c2ncn[nH]2)no1)NCC1(c2ccccc2)CCC1. The molecule has 26 heavy (non-hydrogen) atoms. The van der Waals surface area contributed by atoms with Crippen LogP contribution in [0.1, 0.15) is 37.1 Å². The molecule has 0 bridgehead atoms. The van der Waals surface area contributed by atoms with Crippen molar-refractivity contribution in [1.29, 1.82) is 0 Å². The first kappa shape index (κ1) is 16.4. The highest BCUT2D eigenvalue weighted by atomic mass is 16.5. The first-order chi connectivity index (χ1) is 12.8. The molecule has 134 valence electrons. The first-order valence-corrected chi connectivity index (χ1v) is 8.76. The van der Waals surface area contributed by atoms with Crippen LogP contribution in [-0.4, -0.2) is 37.8 Å². The Bertz CT molecular complexity index is 855. The Morgan fingerprint density at radius 1 is 1.27 bits per heavy atom. The number of hydrogen-bond acceptors (Lipinski definition) is 6. The van der Waals surface area contributed by atoms with Gasteiger partial charge in [-0.05, 0) is 18.4 Å². The van der Waals surface area contributed by atoms with Crippen molar-refractivity contribution < 1.29 is 9.32 Å². The van der Waals surface area contributed by atoms with Gasteiger partial charge in [-0.25, -0.2) is 4.98 Å². The van der Waals surface area contributed by atoms with E-state index in [9.17, 15) is 4.79 Å². The Morgan fingerprint density at radius 3 is 2.81 bits per heavy atom. The van der Waals surface area contributed by atoms with Gasteiger partial charge in [-0.3, -0.25) is 9.89 Å². The van der Waals surface area contributed by atoms with Gasteiger partial charge in [0.15, 0.2) is 5.82 Å². The van der Waals surface area contributed by atoms with Crippen LogP contribution in [0, 0.1) is 0 Å². The number of hydrogen-bond donors (Lipinski definition) is 2. The highest BCUT2D eigenvalue weighted by Crippen LogP contribution is 2.43. The molecule has 0 saturated heterocycles. The van der Waals surface area contributed by atoms with Crippen LogP contribution in [0.2, 0.25) is 0 Å². The van der Waals surface area contributed by atoms with E-state index in [1.165, 1.54) is 18.3 Å². The van der Waals surface area contributed by atoms with Gasteiger partial charge in [0.25, 0.3) is 0 Å². The summed E-state index contributed by atoms with van der Waals surface area (Å²) >= 11 is 0. The first-order valence-electron chi connectivity index (χ1n) is 8.76. The van der Waals surface area contributed by atoms with Gasteiger partial charge in [0.2, 0.25) is 17.6 Å². The fraction of sp³-hybridized carbons (Fsp3) is 0.389. The van der Waals surface area contributed by atoms with Crippen molar-refractivity contribution in [3.63, 3.8) is 0 Å². The van der Waals surface area contributed by atoms with Crippen molar-refractivity contribution in [1.82, 2.24) is 30.6 Å². The lowest BCUT2D eigenvalue weighted by Crippen LogP contribution is -2.45. The number of H-pyrrole nitrogens is 1. The summed E-state index contributed by atoms with van der Waals surface area (Å²) < 4.78 is 5.16. The van der Waals surface area contributed by atoms with Crippen molar-refractivity contribution in [3.8, 4) is 11.6 Å². The third-order valence-corrected chi connectivity index (χ3v) is 4.98. The molecule has 1 fully saturated rings. The van der Waals surface area contributed by atoms with Gasteiger partial charge in [-0.15, -0.1) is 0 Å². The standard InChI is InChI=1S/C18H20N6O2/c25-14(7-8-15-22-17(24-26-15)16-20-12-21-23-16)19-11-18(9-4-10-18)13-5-2-1-3-6-13/h1-3,5-6,12H,4,7-11H2,(H,19,25)(H,20,21,23). The molecule has 0 atom stereocenters. The third-order valence-electron chi connectivity index (χ3n) is 4.98. The maximum atomic E-state index is 12.2. The zero-order valence-corrected chi connectivity index (χ0v) is 14.3.